The van der Waals surface area contributed by atoms with Gasteiger partial charge in [0.2, 0.25) is 0 Å². The molecule has 11 heteroatoms. The Morgan fingerprint density at radius 3 is 1.33 bits per heavy atom. The molecule has 0 amide bonds. The van der Waals surface area contributed by atoms with Gasteiger partial charge in [0.05, 0.1) is 0 Å². The Kier molecular flexibility index (Phi) is 7.31. The molecule has 0 radical (unpaired) electrons. The van der Waals surface area contributed by atoms with Gasteiger partial charge in [0.25, 0.3) is 0 Å². The first kappa shape index (κ1) is 23.3. The molecule has 1 aliphatic heterocycles. The molecule has 0 saturated carbocycles. The molecule has 0 spiro atoms. The number of rotatable bonds is 8. The van der Waals surface area contributed by atoms with Gasteiger partial charge in [-0.2, -0.15) is 21.0 Å². The number of nitrogens with zero attached hydrogens (tertiary/aromatic N) is 11. The van der Waals surface area contributed by atoms with Crippen molar-refractivity contribution < 1.29 is 0 Å². The average Bonchev–Trinajstić information content (AvgIpc) is 2.85. The van der Waals surface area contributed by atoms with Crippen LogP contribution in [0.5, 0.6) is 0 Å². The molecule has 0 unspecified atom stereocenters. The molecule has 0 atom stereocenters. The van der Waals surface area contributed by atoms with Crippen LogP contribution >= 0.6 is 0 Å². The van der Waals surface area contributed by atoms with Crippen LogP contribution in [0, 0.1) is 45.3 Å². The minimum atomic E-state index is -0.0760. The molecule has 0 fully saturated rings. The third kappa shape index (κ3) is 4.50. The first-order valence-corrected chi connectivity index (χ1v) is 10.7. The summed E-state index contributed by atoms with van der Waals surface area (Å²) in [6.07, 6.45) is 2.41. The van der Waals surface area contributed by atoms with Crippen LogP contribution in [0.4, 0.5) is 23.3 Å². The molecule has 33 heavy (non-hydrogen) atoms. The highest BCUT2D eigenvalue weighted by Gasteiger charge is 2.35. The highest BCUT2D eigenvalue weighted by Crippen LogP contribution is 2.44. The van der Waals surface area contributed by atoms with Crippen LogP contribution in [-0.2, 0) is 0 Å². The molecule has 0 saturated heterocycles. The molecule has 0 N–H and O–H groups in total. The first-order valence-electron chi connectivity index (χ1n) is 10.7. The van der Waals surface area contributed by atoms with E-state index in [0.29, 0.717) is 36.4 Å². The van der Waals surface area contributed by atoms with Crippen molar-refractivity contribution in [1.29, 1.82) is 21.0 Å². The summed E-state index contributed by atoms with van der Waals surface area (Å²) in [6, 6.07) is 7.76. The summed E-state index contributed by atoms with van der Waals surface area (Å²) in [5.74, 6) is 1.55. The van der Waals surface area contributed by atoms with Gasteiger partial charge < -0.3 is 14.7 Å². The van der Waals surface area contributed by atoms with Gasteiger partial charge in [-0.05, 0) is 33.0 Å². The molecule has 3 heterocycles. The van der Waals surface area contributed by atoms with Crippen LogP contribution in [0.3, 0.4) is 0 Å². The van der Waals surface area contributed by atoms with E-state index in [1.807, 2.05) is 38.2 Å². The highest BCUT2D eigenvalue weighted by atomic mass is 15.4. The summed E-state index contributed by atoms with van der Waals surface area (Å²) in [4.78, 5) is 23.6. The van der Waals surface area contributed by atoms with Crippen LogP contribution in [-0.4, -0.2) is 58.1 Å². The molecule has 0 aliphatic carbocycles. The number of hydrogen-bond acceptors (Lipinski definition) is 11. The maximum atomic E-state index is 9.52. The van der Waals surface area contributed by atoms with E-state index in [1.54, 1.807) is 9.80 Å². The van der Waals surface area contributed by atoms with Crippen LogP contribution in [0.1, 0.15) is 55.9 Å². The van der Waals surface area contributed by atoms with Crippen molar-refractivity contribution in [2.75, 3.05) is 43.0 Å². The van der Waals surface area contributed by atoms with Gasteiger partial charge in [-0.25, -0.2) is 19.9 Å². The van der Waals surface area contributed by atoms with E-state index < -0.39 is 0 Å². The SMILES string of the molecule is CCCCN1c2nc(C#N)c(C#N)nc2N(CCCN(C)CC)c2nc(C#N)c(C#N)nc21. The van der Waals surface area contributed by atoms with Crippen LogP contribution in [0.25, 0.3) is 0 Å². The number of hydrogen-bond donors (Lipinski definition) is 0. The average molecular weight is 442 g/mol. The normalized spacial score (nSPS) is 11.8. The topological polar surface area (TPSA) is 156 Å². The third-order valence-electron chi connectivity index (χ3n) is 5.36. The second-order valence-electron chi connectivity index (χ2n) is 7.49. The summed E-state index contributed by atoms with van der Waals surface area (Å²) in [5.41, 5.74) is -0.302. The zero-order valence-electron chi connectivity index (χ0n) is 18.9. The molecule has 2 aromatic heterocycles. The van der Waals surface area contributed by atoms with E-state index in [4.69, 9.17) is 0 Å². The largest absolute Gasteiger partial charge is 0.307 e. The fourth-order valence-corrected chi connectivity index (χ4v) is 3.47. The smallest absolute Gasteiger partial charge is 0.179 e. The number of unbranched alkanes of at least 4 members (excludes halogenated alkanes) is 1. The Morgan fingerprint density at radius 2 is 1.03 bits per heavy atom. The fraction of sp³-hybridized carbons (Fsp3) is 0.455. The van der Waals surface area contributed by atoms with E-state index in [1.165, 1.54) is 0 Å². The van der Waals surface area contributed by atoms with Crippen molar-refractivity contribution in [3.8, 4) is 24.3 Å². The maximum Gasteiger partial charge on any atom is 0.179 e. The van der Waals surface area contributed by atoms with Gasteiger partial charge in [0.1, 0.15) is 24.3 Å². The Labute approximate surface area is 192 Å². The second-order valence-corrected chi connectivity index (χ2v) is 7.49. The van der Waals surface area contributed by atoms with E-state index >= 15 is 0 Å². The first-order chi connectivity index (χ1) is 16.0. The van der Waals surface area contributed by atoms with Gasteiger partial charge in [-0.3, -0.25) is 0 Å². The Balaban J connectivity index is 2.24. The molecule has 2 aromatic rings. The minimum Gasteiger partial charge on any atom is -0.307 e. The Hall–Kier alpha value is -4.32. The summed E-state index contributed by atoms with van der Waals surface area (Å²) in [6.45, 7) is 6.78. The minimum absolute atomic E-state index is 0.0750. The maximum absolute atomic E-state index is 9.52. The van der Waals surface area contributed by atoms with Gasteiger partial charge in [0.15, 0.2) is 46.0 Å². The van der Waals surface area contributed by atoms with Crippen LogP contribution < -0.4 is 9.80 Å². The van der Waals surface area contributed by atoms with Gasteiger partial charge in [-0.1, -0.05) is 20.3 Å². The molecule has 11 nitrogen and oxygen atoms in total. The lowest BCUT2D eigenvalue weighted by atomic mass is 10.2. The van der Waals surface area contributed by atoms with Crippen molar-refractivity contribution in [3.63, 3.8) is 0 Å². The standard InChI is InChI=1S/C22H23N11/c1-4-6-9-32-19-21(29-17(13-25)15(11-23)27-19)33(10-7-8-31(3)5-2)22-20(32)28-16(12-24)18(14-26)30-22/h4-10H2,1-3H3. The number of anilines is 4. The van der Waals surface area contributed by atoms with Crippen molar-refractivity contribution in [2.45, 2.75) is 33.1 Å². The molecule has 1 aliphatic rings. The number of aromatic nitrogens is 4. The molecule has 0 aromatic carbocycles. The van der Waals surface area contributed by atoms with E-state index in [2.05, 4.69) is 31.8 Å². The lowest BCUT2D eigenvalue weighted by Gasteiger charge is -2.37. The van der Waals surface area contributed by atoms with Crippen molar-refractivity contribution in [3.05, 3.63) is 22.8 Å². The second kappa shape index (κ2) is 10.3. The predicted molar refractivity (Wildman–Crippen MR) is 120 cm³/mol. The van der Waals surface area contributed by atoms with Gasteiger partial charge in [-0.15, -0.1) is 0 Å². The lowest BCUT2D eigenvalue weighted by molar-refractivity contribution is 0.349. The van der Waals surface area contributed by atoms with Gasteiger partial charge >= 0.3 is 0 Å². The molecule has 0 bridgehead atoms. The van der Waals surface area contributed by atoms with Crippen molar-refractivity contribution in [2.24, 2.45) is 0 Å². The van der Waals surface area contributed by atoms with Crippen molar-refractivity contribution in [1.82, 2.24) is 24.8 Å². The van der Waals surface area contributed by atoms with Crippen molar-refractivity contribution >= 4 is 23.3 Å². The lowest BCUT2D eigenvalue weighted by Crippen LogP contribution is -2.36. The monoisotopic (exact) mass is 441 g/mol. The Bertz CT molecular complexity index is 1130. The molecule has 166 valence electrons. The summed E-state index contributed by atoms with van der Waals surface area (Å²) >= 11 is 0. The van der Waals surface area contributed by atoms with E-state index in [-0.39, 0.29) is 22.8 Å². The number of fused-ring (bicyclic) bond motifs is 2. The zero-order valence-corrected chi connectivity index (χ0v) is 18.9. The number of nitriles is 4. The molecular weight excluding hydrogens is 418 g/mol. The van der Waals surface area contributed by atoms with E-state index in [9.17, 15) is 21.0 Å². The predicted octanol–water partition coefficient (Wildman–Crippen LogP) is 2.48. The fourth-order valence-electron chi connectivity index (χ4n) is 3.47. The summed E-state index contributed by atoms with van der Waals surface area (Å²) in [7, 11) is 2.02. The zero-order chi connectivity index (χ0) is 24.0. The summed E-state index contributed by atoms with van der Waals surface area (Å²) in [5, 5.41) is 38.1. The quantitative estimate of drug-likeness (QED) is 0.592. The highest BCUT2D eigenvalue weighted by molar-refractivity contribution is 5.86. The molecular formula is C22H23N11. The van der Waals surface area contributed by atoms with Crippen LogP contribution in [0.2, 0.25) is 0 Å². The third-order valence-corrected chi connectivity index (χ3v) is 5.36. The van der Waals surface area contributed by atoms with Gasteiger partial charge in [0, 0.05) is 13.1 Å². The van der Waals surface area contributed by atoms with Crippen LogP contribution in [0.15, 0.2) is 0 Å². The Morgan fingerprint density at radius 1 is 0.667 bits per heavy atom. The summed E-state index contributed by atoms with van der Waals surface area (Å²) < 4.78 is 0. The molecule has 3 rings (SSSR count). The van der Waals surface area contributed by atoms with E-state index in [0.717, 1.165) is 32.4 Å².